The predicted molar refractivity (Wildman–Crippen MR) is 91.8 cm³/mol. The topological polar surface area (TPSA) is 85.5 Å². The maximum atomic E-state index is 11.9. The van der Waals surface area contributed by atoms with Crippen LogP contribution < -0.4 is 10.6 Å². The molecule has 3 rings (SSSR count). The third-order valence-corrected chi connectivity index (χ3v) is 4.44. The first-order valence-corrected chi connectivity index (χ1v) is 8.19. The lowest BCUT2D eigenvalue weighted by atomic mass is 9.96. The van der Waals surface area contributed by atoms with Crippen LogP contribution in [0.2, 0.25) is 0 Å². The highest BCUT2D eigenvalue weighted by molar-refractivity contribution is 5.94. The van der Waals surface area contributed by atoms with Crippen molar-refractivity contribution in [2.24, 2.45) is 11.7 Å². The van der Waals surface area contributed by atoms with Crippen LogP contribution in [0.15, 0.2) is 30.5 Å². The second-order valence-electron chi connectivity index (χ2n) is 5.99. The van der Waals surface area contributed by atoms with E-state index in [0.717, 1.165) is 42.5 Å². The van der Waals surface area contributed by atoms with Gasteiger partial charge in [0.1, 0.15) is 0 Å². The average molecular weight is 327 g/mol. The number of primary amides is 1. The minimum Gasteiger partial charge on any atom is -0.462 e. The lowest BCUT2D eigenvalue weighted by Gasteiger charge is -2.32. The summed E-state index contributed by atoms with van der Waals surface area (Å²) in [5.41, 5.74) is 7.73. The van der Waals surface area contributed by atoms with Crippen LogP contribution in [-0.4, -0.2) is 36.6 Å². The average Bonchev–Trinajstić information content (AvgIpc) is 2.61. The molecule has 0 saturated carbocycles. The van der Waals surface area contributed by atoms with Gasteiger partial charge in [0.25, 0.3) is 0 Å². The summed E-state index contributed by atoms with van der Waals surface area (Å²) in [4.78, 5) is 29.7. The number of ether oxygens (including phenoxy) is 1. The number of hydrogen-bond donors (Lipinski definition) is 1. The third-order valence-electron chi connectivity index (χ3n) is 4.44. The van der Waals surface area contributed by atoms with E-state index in [9.17, 15) is 9.59 Å². The van der Waals surface area contributed by atoms with Crippen LogP contribution in [0.1, 0.15) is 30.1 Å². The van der Waals surface area contributed by atoms with E-state index in [4.69, 9.17) is 10.5 Å². The van der Waals surface area contributed by atoms with Crippen molar-refractivity contribution in [3.63, 3.8) is 0 Å². The van der Waals surface area contributed by atoms with Gasteiger partial charge in [0.05, 0.1) is 17.7 Å². The molecule has 1 aromatic carbocycles. The first-order chi connectivity index (χ1) is 11.6. The first kappa shape index (κ1) is 16.2. The van der Waals surface area contributed by atoms with Crippen molar-refractivity contribution >= 4 is 28.5 Å². The summed E-state index contributed by atoms with van der Waals surface area (Å²) >= 11 is 0. The van der Waals surface area contributed by atoms with Gasteiger partial charge in [0, 0.05) is 36.3 Å². The SMILES string of the molecule is CCOC(=O)c1cnc2ccc(N3CCC(C(N)=O)CC3)cc2c1. The molecular formula is C18H21N3O3. The normalized spacial score (nSPS) is 15.5. The Morgan fingerprint density at radius 1 is 1.29 bits per heavy atom. The van der Waals surface area contributed by atoms with Gasteiger partial charge in [-0.25, -0.2) is 4.79 Å². The molecule has 1 saturated heterocycles. The number of piperidine rings is 1. The number of hydrogen-bond acceptors (Lipinski definition) is 5. The van der Waals surface area contributed by atoms with E-state index in [1.807, 2.05) is 18.2 Å². The largest absolute Gasteiger partial charge is 0.462 e. The maximum Gasteiger partial charge on any atom is 0.339 e. The van der Waals surface area contributed by atoms with Crippen LogP contribution in [0, 0.1) is 5.92 Å². The molecule has 1 aliphatic heterocycles. The third kappa shape index (κ3) is 3.32. The molecule has 1 fully saturated rings. The Labute approximate surface area is 140 Å². The number of nitrogens with zero attached hydrogens (tertiary/aromatic N) is 2. The van der Waals surface area contributed by atoms with Crippen LogP contribution in [0.5, 0.6) is 0 Å². The van der Waals surface area contributed by atoms with Crippen LogP contribution in [0.4, 0.5) is 5.69 Å². The second-order valence-corrected chi connectivity index (χ2v) is 5.99. The summed E-state index contributed by atoms with van der Waals surface area (Å²) in [5, 5.41) is 0.898. The number of carbonyl (C=O) groups is 2. The van der Waals surface area contributed by atoms with Gasteiger partial charge in [-0.2, -0.15) is 0 Å². The molecule has 0 unspecified atom stereocenters. The quantitative estimate of drug-likeness (QED) is 0.869. The van der Waals surface area contributed by atoms with Crippen LogP contribution >= 0.6 is 0 Å². The number of amides is 1. The Balaban J connectivity index is 1.82. The number of nitrogens with two attached hydrogens (primary N) is 1. The zero-order chi connectivity index (χ0) is 17.1. The Kier molecular flexibility index (Phi) is 4.64. The zero-order valence-electron chi connectivity index (χ0n) is 13.7. The van der Waals surface area contributed by atoms with E-state index < -0.39 is 0 Å². The number of rotatable bonds is 4. The number of aromatic nitrogens is 1. The van der Waals surface area contributed by atoms with Gasteiger partial charge in [0.2, 0.25) is 5.91 Å². The molecule has 126 valence electrons. The van der Waals surface area contributed by atoms with Crippen molar-refractivity contribution in [1.29, 1.82) is 0 Å². The highest BCUT2D eigenvalue weighted by Crippen LogP contribution is 2.26. The fourth-order valence-corrected chi connectivity index (χ4v) is 3.06. The van der Waals surface area contributed by atoms with E-state index in [1.54, 1.807) is 19.2 Å². The number of carbonyl (C=O) groups excluding carboxylic acids is 2. The minimum atomic E-state index is -0.362. The monoisotopic (exact) mass is 327 g/mol. The van der Waals surface area contributed by atoms with Crippen molar-refractivity contribution in [1.82, 2.24) is 4.98 Å². The number of benzene rings is 1. The predicted octanol–water partition coefficient (Wildman–Crippen LogP) is 2.11. The highest BCUT2D eigenvalue weighted by atomic mass is 16.5. The molecule has 1 aromatic heterocycles. The molecule has 0 bridgehead atoms. The second kappa shape index (κ2) is 6.86. The van der Waals surface area contributed by atoms with E-state index in [2.05, 4.69) is 9.88 Å². The molecule has 2 heterocycles. The van der Waals surface area contributed by atoms with Gasteiger partial charge in [-0.3, -0.25) is 9.78 Å². The van der Waals surface area contributed by atoms with Crippen molar-refractivity contribution in [2.75, 3.05) is 24.6 Å². The number of anilines is 1. The summed E-state index contributed by atoms with van der Waals surface area (Å²) in [6, 6.07) is 7.79. The lowest BCUT2D eigenvalue weighted by Crippen LogP contribution is -2.38. The van der Waals surface area contributed by atoms with E-state index in [0.29, 0.717) is 12.2 Å². The molecule has 1 amide bonds. The molecular weight excluding hydrogens is 306 g/mol. The first-order valence-electron chi connectivity index (χ1n) is 8.19. The van der Waals surface area contributed by atoms with E-state index >= 15 is 0 Å². The summed E-state index contributed by atoms with van der Waals surface area (Å²) in [7, 11) is 0. The summed E-state index contributed by atoms with van der Waals surface area (Å²) < 4.78 is 5.02. The van der Waals surface area contributed by atoms with Crippen LogP contribution in [0.3, 0.4) is 0 Å². The molecule has 2 N–H and O–H groups in total. The molecule has 0 spiro atoms. The van der Waals surface area contributed by atoms with Gasteiger partial charge in [0.15, 0.2) is 0 Å². The van der Waals surface area contributed by atoms with Crippen molar-refractivity contribution in [3.05, 3.63) is 36.0 Å². The molecule has 0 aliphatic carbocycles. The maximum absolute atomic E-state index is 11.9. The highest BCUT2D eigenvalue weighted by Gasteiger charge is 2.23. The molecule has 6 heteroatoms. The Morgan fingerprint density at radius 3 is 2.71 bits per heavy atom. The standard InChI is InChI=1S/C18H21N3O3/c1-2-24-18(23)14-9-13-10-15(3-4-16(13)20-11-14)21-7-5-12(6-8-21)17(19)22/h3-4,9-12H,2,5-8H2,1H3,(H2,19,22). The van der Waals surface area contributed by atoms with E-state index in [1.165, 1.54) is 0 Å². The summed E-state index contributed by atoms with van der Waals surface area (Å²) in [5.74, 6) is -0.602. The van der Waals surface area contributed by atoms with Gasteiger partial charge in [-0.05, 0) is 44.0 Å². The Morgan fingerprint density at radius 2 is 2.04 bits per heavy atom. The molecule has 0 atom stereocenters. The van der Waals surface area contributed by atoms with Gasteiger partial charge >= 0.3 is 5.97 Å². The minimum absolute atomic E-state index is 0.0289. The fraction of sp³-hybridized carbons (Fsp3) is 0.389. The van der Waals surface area contributed by atoms with Crippen LogP contribution in [-0.2, 0) is 9.53 Å². The van der Waals surface area contributed by atoms with Crippen molar-refractivity contribution < 1.29 is 14.3 Å². The fourth-order valence-electron chi connectivity index (χ4n) is 3.06. The number of fused-ring (bicyclic) bond motifs is 1. The molecule has 6 nitrogen and oxygen atoms in total. The van der Waals surface area contributed by atoms with Crippen molar-refractivity contribution in [2.45, 2.75) is 19.8 Å². The van der Waals surface area contributed by atoms with Gasteiger partial charge < -0.3 is 15.4 Å². The van der Waals surface area contributed by atoms with Crippen molar-refractivity contribution in [3.8, 4) is 0 Å². The van der Waals surface area contributed by atoms with Crippen LogP contribution in [0.25, 0.3) is 10.9 Å². The molecule has 0 radical (unpaired) electrons. The van der Waals surface area contributed by atoms with E-state index in [-0.39, 0.29) is 17.8 Å². The number of pyridine rings is 1. The molecule has 1 aliphatic rings. The molecule has 24 heavy (non-hydrogen) atoms. The summed E-state index contributed by atoms with van der Waals surface area (Å²) in [6.45, 7) is 3.71. The Bertz CT molecular complexity index is 767. The van der Waals surface area contributed by atoms with Gasteiger partial charge in [-0.15, -0.1) is 0 Å². The van der Waals surface area contributed by atoms with Gasteiger partial charge in [-0.1, -0.05) is 0 Å². The summed E-state index contributed by atoms with van der Waals surface area (Å²) in [6.07, 6.45) is 3.08. The number of esters is 1. The zero-order valence-corrected chi connectivity index (χ0v) is 13.7. The molecule has 2 aromatic rings. The smallest absolute Gasteiger partial charge is 0.339 e. The Hall–Kier alpha value is -2.63. The lowest BCUT2D eigenvalue weighted by molar-refractivity contribution is -0.122.